The fourth-order valence-electron chi connectivity index (χ4n) is 3.07. The van der Waals surface area contributed by atoms with Crippen molar-refractivity contribution >= 4 is 0 Å². The first-order chi connectivity index (χ1) is 9.26. The average Bonchev–Trinajstić information content (AvgIpc) is 2.47. The number of hydrogen-bond acceptors (Lipinski definition) is 3. The molecule has 3 nitrogen and oxygen atoms in total. The number of piperidine rings is 1. The van der Waals surface area contributed by atoms with Crippen LogP contribution in [-0.2, 0) is 0 Å². The molecule has 0 aromatic heterocycles. The van der Waals surface area contributed by atoms with E-state index in [9.17, 15) is 0 Å². The van der Waals surface area contributed by atoms with Crippen molar-refractivity contribution in [3.05, 3.63) is 29.8 Å². The molecule has 1 aliphatic rings. The third kappa shape index (κ3) is 3.48. The molecular formula is C16H26N2O. The molecule has 2 N–H and O–H groups in total. The van der Waals surface area contributed by atoms with Gasteiger partial charge in [0.15, 0.2) is 0 Å². The van der Waals surface area contributed by atoms with E-state index in [1.807, 2.05) is 12.1 Å². The van der Waals surface area contributed by atoms with Crippen LogP contribution in [0.15, 0.2) is 24.3 Å². The Hall–Kier alpha value is -1.06. The van der Waals surface area contributed by atoms with Crippen molar-refractivity contribution in [3.63, 3.8) is 0 Å². The van der Waals surface area contributed by atoms with Crippen molar-refractivity contribution in [2.24, 2.45) is 11.7 Å². The smallest absolute Gasteiger partial charge is 0.123 e. The van der Waals surface area contributed by atoms with Gasteiger partial charge in [0.2, 0.25) is 0 Å². The largest absolute Gasteiger partial charge is 0.496 e. The molecular weight excluding hydrogens is 236 g/mol. The van der Waals surface area contributed by atoms with E-state index in [0.717, 1.165) is 18.2 Å². The van der Waals surface area contributed by atoms with Crippen LogP contribution < -0.4 is 10.5 Å². The second-order valence-corrected chi connectivity index (χ2v) is 5.47. The summed E-state index contributed by atoms with van der Waals surface area (Å²) in [6.45, 7) is 5.45. The summed E-state index contributed by atoms with van der Waals surface area (Å²) in [5, 5.41) is 0. The zero-order chi connectivity index (χ0) is 13.7. The Labute approximate surface area is 116 Å². The van der Waals surface area contributed by atoms with Crippen LogP contribution in [0, 0.1) is 5.92 Å². The first kappa shape index (κ1) is 14.4. The maximum Gasteiger partial charge on any atom is 0.123 e. The molecule has 0 spiro atoms. The number of benzene rings is 1. The number of rotatable bonds is 5. The number of hydrogen-bond donors (Lipinski definition) is 1. The summed E-state index contributed by atoms with van der Waals surface area (Å²) in [5.41, 5.74) is 6.95. The van der Waals surface area contributed by atoms with Crippen LogP contribution in [-0.4, -0.2) is 31.6 Å². The molecule has 1 heterocycles. The number of para-hydroxylation sites is 1. The summed E-state index contributed by atoms with van der Waals surface area (Å²) in [5.74, 6) is 1.82. The van der Waals surface area contributed by atoms with Crippen molar-refractivity contribution in [2.75, 3.05) is 26.7 Å². The van der Waals surface area contributed by atoms with Crippen LogP contribution >= 0.6 is 0 Å². The Morgan fingerprint density at radius 3 is 2.63 bits per heavy atom. The summed E-state index contributed by atoms with van der Waals surface area (Å²) < 4.78 is 5.47. The van der Waals surface area contributed by atoms with Crippen LogP contribution in [0.2, 0.25) is 0 Å². The molecule has 2 rings (SSSR count). The zero-order valence-electron chi connectivity index (χ0n) is 12.1. The first-order valence-corrected chi connectivity index (χ1v) is 7.33. The number of nitrogens with two attached hydrogens (primary N) is 1. The van der Waals surface area contributed by atoms with Crippen LogP contribution in [0.1, 0.15) is 37.8 Å². The van der Waals surface area contributed by atoms with Gasteiger partial charge in [-0.3, -0.25) is 4.90 Å². The second kappa shape index (κ2) is 6.92. The quantitative estimate of drug-likeness (QED) is 0.887. The summed E-state index contributed by atoms with van der Waals surface area (Å²) >= 11 is 0. The van der Waals surface area contributed by atoms with Gasteiger partial charge < -0.3 is 10.5 Å². The molecule has 1 aromatic rings. The van der Waals surface area contributed by atoms with Gasteiger partial charge in [-0.2, -0.15) is 0 Å². The molecule has 1 unspecified atom stereocenters. The Kier molecular flexibility index (Phi) is 5.23. The van der Waals surface area contributed by atoms with Gasteiger partial charge in [0, 0.05) is 11.6 Å². The predicted octanol–water partition coefficient (Wildman–Crippen LogP) is 2.82. The maximum absolute atomic E-state index is 5.65. The van der Waals surface area contributed by atoms with E-state index < -0.39 is 0 Å². The van der Waals surface area contributed by atoms with Crippen molar-refractivity contribution < 1.29 is 4.74 Å². The van der Waals surface area contributed by atoms with Gasteiger partial charge in [-0.1, -0.05) is 18.2 Å². The molecule has 106 valence electrons. The summed E-state index contributed by atoms with van der Waals surface area (Å²) in [4.78, 5) is 2.56. The second-order valence-electron chi connectivity index (χ2n) is 5.47. The first-order valence-electron chi connectivity index (χ1n) is 7.33. The molecule has 1 saturated heterocycles. The normalized spacial score (nSPS) is 19.3. The molecule has 0 amide bonds. The lowest BCUT2D eigenvalue weighted by molar-refractivity contribution is 0.136. The van der Waals surface area contributed by atoms with Crippen LogP contribution in [0.4, 0.5) is 0 Å². The lowest BCUT2D eigenvalue weighted by atomic mass is 9.92. The Bertz CT molecular complexity index is 386. The molecule has 1 aromatic carbocycles. The highest BCUT2D eigenvalue weighted by molar-refractivity contribution is 5.35. The highest BCUT2D eigenvalue weighted by Crippen LogP contribution is 2.32. The minimum absolute atomic E-state index is 0.426. The Balaban J connectivity index is 1.99. The number of nitrogens with zero attached hydrogens (tertiary/aromatic N) is 1. The standard InChI is InChI=1S/C16H26N2O/c1-13(15-5-3-4-6-16(15)19-2)18-11-8-14(7-10-17)9-12-18/h3-6,13-14H,7-12,17H2,1-2H3. The average molecular weight is 262 g/mol. The van der Waals surface area contributed by atoms with Crippen molar-refractivity contribution in [1.29, 1.82) is 0 Å². The van der Waals surface area contributed by atoms with Crippen LogP contribution in [0.25, 0.3) is 0 Å². The highest BCUT2D eigenvalue weighted by atomic mass is 16.5. The lowest BCUT2D eigenvalue weighted by Gasteiger charge is -2.36. The summed E-state index contributed by atoms with van der Waals surface area (Å²) in [6.07, 6.45) is 3.73. The van der Waals surface area contributed by atoms with Crippen LogP contribution in [0.3, 0.4) is 0 Å². The fourth-order valence-corrected chi connectivity index (χ4v) is 3.07. The predicted molar refractivity (Wildman–Crippen MR) is 79.4 cm³/mol. The van der Waals surface area contributed by atoms with Gasteiger partial charge >= 0.3 is 0 Å². The molecule has 0 bridgehead atoms. The van der Waals surface area contributed by atoms with E-state index in [1.54, 1.807) is 7.11 Å². The Morgan fingerprint density at radius 1 is 1.32 bits per heavy atom. The van der Waals surface area contributed by atoms with Gasteiger partial charge in [-0.25, -0.2) is 0 Å². The SMILES string of the molecule is COc1ccccc1C(C)N1CCC(CCN)CC1. The van der Waals surface area contributed by atoms with Crippen molar-refractivity contribution in [2.45, 2.75) is 32.2 Å². The summed E-state index contributed by atoms with van der Waals surface area (Å²) in [7, 11) is 1.75. The van der Waals surface area contributed by atoms with E-state index in [0.29, 0.717) is 6.04 Å². The highest BCUT2D eigenvalue weighted by Gasteiger charge is 2.24. The van der Waals surface area contributed by atoms with E-state index in [4.69, 9.17) is 10.5 Å². The van der Waals surface area contributed by atoms with E-state index in [2.05, 4.69) is 24.0 Å². The van der Waals surface area contributed by atoms with Gasteiger partial charge in [0.25, 0.3) is 0 Å². The van der Waals surface area contributed by atoms with Crippen LogP contribution in [0.5, 0.6) is 5.75 Å². The van der Waals surface area contributed by atoms with E-state index in [1.165, 1.54) is 37.9 Å². The van der Waals surface area contributed by atoms with Gasteiger partial charge in [0.05, 0.1) is 7.11 Å². The topological polar surface area (TPSA) is 38.5 Å². The molecule has 0 aliphatic carbocycles. The Morgan fingerprint density at radius 2 is 2.00 bits per heavy atom. The third-order valence-corrected chi connectivity index (χ3v) is 4.36. The minimum atomic E-state index is 0.426. The number of methoxy groups -OCH3 is 1. The molecule has 0 saturated carbocycles. The van der Waals surface area contributed by atoms with Crippen molar-refractivity contribution in [1.82, 2.24) is 4.90 Å². The zero-order valence-corrected chi connectivity index (χ0v) is 12.1. The summed E-state index contributed by atoms with van der Waals surface area (Å²) in [6, 6.07) is 8.77. The number of ether oxygens (including phenoxy) is 1. The molecule has 3 heteroatoms. The molecule has 19 heavy (non-hydrogen) atoms. The van der Waals surface area contributed by atoms with Crippen molar-refractivity contribution in [3.8, 4) is 5.75 Å². The monoisotopic (exact) mass is 262 g/mol. The van der Waals surface area contributed by atoms with E-state index in [-0.39, 0.29) is 0 Å². The maximum atomic E-state index is 5.65. The molecule has 0 radical (unpaired) electrons. The number of likely N-dealkylation sites (tertiary alicyclic amines) is 1. The lowest BCUT2D eigenvalue weighted by Crippen LogP contribution is -2.36. The molecule has 1 atom stereocenters. The third-order valence-electron chi connectivity index (χ3n) is 4.36. The van der Waals surface area contributed by atoms with E-state index >= 15 is 0 Å². The minimum Gasteiger partial charge on any atom is -0.496 e. The van der Waals surface area contributed by atoms with Gasteiger partial charge in [-0.15, -0.1) is 0 Å². The molecule has 1 fully saturated rings. The fraction of sp³-hybridized carbons (Fsp3) is 0.625. The molecule has 1 aliphatic heterocycles. The van der Waals surface area contributed by atoms with Gasteiger partial charge in [-0.05, 0) is 57.8 Å². The van der Waals surface area contributed by atoms with Gasteiger partial charge in [0.1, 0.15) is 5.75 Å².